The Hall–Kier alpha value is -2.93. The topological polar surface area (TPSA) is 95.8 Å². The number of amides is 1. The smallest absolute Gasteiger partial charge is 0.270 e. The van der Waals surface area contributed by atoms with Gasteiger partial charge in [-0.25, -0.2) is 4.98 Å². The molecule has 0 saturated heterocycles. The van der Waals surface area contributed by atoms with Gasteiger partial charge in [-0.2, -0.15) is 5.10 Å². The molecule has 3 N–H and O–H groups in total. The van der Waals surface area contributed by atoms with Crippen molar-refractivity contribution in [3.63, 3.8) is 0 Å². The number of rotatable bonds is 5. The van der Waals surface area contributed by atoms with E-state index in [2.05, 4.69) is 20.5 Å². The van der Waals surface area contributed by atoms with E-state index in [1.165, 1.54) is 0 Å². The Morgan fingerprint density at radius 1 is 1.31 bits per heavy atom. The highest BCUT2D eigenvalue weighted by Crippen LogP contribution is 2.28. The van der Waals surface area contributed by atoms with Crippen LogP contribution in [0.1, 0.15) is 23.3 Å². The van der Waals surface area contributed by atoms with Crippen LogP contribution in [0.3, 0.4) is 0 Å². The van der Waals surface area contributed by atoms with E-state index >= 15 is 0 Å². The molecule has 1 aliphatic rings. The molecule has 134 valence electrons. The number of aromatic amines is 1. The summed E-state index contributed by atoms with van der Waals surface area (Å²) >= 11 is 0. The van der Waals surface area contributed by atoms with Gasteiger partial charge in [-0.05, 0) is 24.3 Å². The lowest BCUT2D eigenvalue weighted by atomic mass is 10.1. The van der Waals surface area contributed by atoms with Crippen LogP contribution in [0.25, 0.3) is 11.1 Å². The molecule has 7 heteroatoms. The largest absolute Gasteiger partial charge is 0.391 e. The van der Waals surface area contributed by atoms with Crippen molar-refractivity contribution in [3.8, 4) is 11.1 Å². The van der Waals surface area contributed by atoms with Gasteiger partial charge < -0.3 is 15.0 Å². The number of nitrogens with zero attached hydrogens (tertiary/aromatic N) is 3. The fourth-order valence-electron chi connectivity index (χ4n) is 3.65. The lowest BCUT2D eigenvalue weighted by molar-refractivity contribution is 0.0868. The molecular formula is C19H21N5O2. The third-order valence-electron chi connectivity index (χ3n) is 4.92. The molecule has 1 unspecified atom stereocenters. The van der Waals surface area contributed by atoms with E-state index in [1.54, 1.807) is 18.7 Å². The van der Waals surface area contributed by atoms with Crippen LogP contribution in [-0.4, -0.2) is 42.9 Å². The molecule has 3 atom stereocenters. The molecular weight excluding hydrogens is 330 g/mol. The van der Waals surface area contributed by atoms with E-state index in [0.717, 1.165) is 24.1 Å². The van der Waals surface area contributed by atoms with E-state index in [4.69, 9.17) is 0 Å². The minimum absolute atomic E-state index is 0.242. The van der Waals surface area contributed by atoms with Crippen LogP contribution >= 0.6 is 0 Å². The van der Waals surface area contributed by atoms with Gasteiger partial charge in [-0.15, -0.1) is 0 Å². The van der Waals surface area contributed by atoms with Crippen LogP contribution in [0.5, 0.6) is 0 Å². The predicted octanol–water partition coefficient (Wildman–Crippen LogP) is 1.84. The molecule has 1 saturated carbocycles. The first-order valence-electron chi connectivity index (χ1n) is 8.74. The molecule has 1 aromatic carbocycles. The van der Waals surface area contributed by atoms with Crippen molar-refractivity contribution in [2.75, 3.05) is 0 Å². The summed E-state index contributed by atoms with van der Waals surface area (Å²) in [6, 6.07) is 9.39. The summed E-state index contributed by atoms with van der Waals surface area (Å²) in [6.45, 7) is 0.794. The fraction of sp³-hybridized carbons (Fsp3) is 0.316. The number of aliphatic hydroxyl groups excluding tert-OH is 1. The first-order valence-corrected chi connectivity index (χ1v) is 8.74. The van der Waals surface area contributed by atoms with Gasteiger partial charge in [-0.1, -0.05) is 30.3 Å². The highest BCUT2D eigenvalue weighted by Gasteiger charge is 2.34. The van der Waals surface area contributed by atoms with Gasteiger partial charge in [0.25, 0.3) is 5.91 Å². The second-order valence-corrected chi connectivity index (χ2v) is 6.77. The minimum Gasteiger partial charge on any atom is -0.391 e. The van der Waals surface area contributed by atoms with Crippen molar-refractivity contribution in [1.29, 1.82) is 0 Å². The molecule has 7 nitrogen and oxygen atoms in total. The molecule has 0 aliphatic heterocycles. The molecule has 4 rings (SSSR count). The summed E-state index contributed by atoms with van der Waals surface area (Å²) in [7, 11) is 0. The SMILES string of the molecule is O=C(N[C@@H]1CC(Cn2ccnc2)C[C@H]1O)c1[nH]ncc1-c1ccccc1. The zero-order valence-electron chi connectivity index (χ0n) is 14.2. The minimum atomic E-state index is -0.546. The van der Waals surface area contributed by atoms with E-state index in [1.807, 2.05) is 41.1 Å². The van der Waals surface area contributed by atoms with Crippen LogP contribution in [0.2, 0.25) is 0 Å². The number of aromatic nitrogens is 4. The zero-order valence-corrected chi connectivity index (χ0v) is 14.2. The Morgan fingerprint density at radius 2 is 2.15 bits per heavy atom. The van der Waals surface area contributed by atoms with Crippen molar-refractivity contribution in [3.05, 3.63) is 60.9 Å². The quantitative estimate of drug-likeness (QED) is 0.653. The number of H-pyrrole nitrogens is 1. The Morgan fingerprint density at radius 3 is 2.92 bits per heavy atom. The summed E-state index contributed by atoms with van der Waals surface area (Å²) in [5.41, 5.74) is 2.10. The van der Waals surface area contributed by atoms with Crippen molar-refractivity contribution in [2.24, 2.45) is 5.92 Å². The molecule has 3 aromatic rings. The number of carbonyl (C=O) groups excluding carboxylic acids is 1. The van der Waals surface area contributed by atoms with Crippen LogP contribution in [0.4, 0.5) is 0 Å². The second-order valence-electron chi connectivity index (χ2n) is 6.77. The average molecular weight is 351 g/mol. The first kappa shape index (κ1) is 16.5. The number of carbonyl (C=O) groups is 1. The molecule has 0 radical (unpaired) electrons. The number of hydrogen-bond acceptors (Lipinski definition) is 4. The monoisotopic (exact) mass is 351 g/mol. The summed E-state index contributed by atoms with van der Waals surface area (Å²) in [5.74, 6) is 0.0635. The molecule has 2 aromatic heterocycles. The molecule has 1 fully saturated rings. The lowest BCUT2D eigenvalue weighted by Crippen LogP contribution is -2.40. The van der Waals surface area contributed by atoms with Gasteiger partial charge in [0.1, 0.15) is 5.69 Å². The van der Waals surface area contributed by atoms with E-state index in [0.29, 0.717) is 18.0 Å². The van der Waals surface area contributed by atoms with Gasteiger partial charge in [0, 0.05) is 24.5 Å². The number of aliphatic hydroxyl groups is 1. The highest BCUT2D eigenvalue weighted by molar-refractivity contribution is 5.99. The summed E-state index contributed by atoms with van der Waals surface area (Å²) in [6.07, 6.45) is 7.93. The van der Waals surface area contributed by atoms with E-state index < -0.39 is 6.10 Å². The average Bonchev–Trinajstić information content (AvgIpc) is 3.38. The van der Waals surface area contributed by atoms with Crippen LogP contribution < -0.4 is 5.32 Å². The molecule has 2 heterocycles. The number of benzene rings is 1. The molecule has 0 spiro atoms. The van der Waals surface area contributed by atoms with Gasteiger partial charge in [0.05, 0.1) is 24.7 Å². The van der Waals surface area contributed by atoms with Crippen molar-refractivity contribution < 1.29 is 9.90 Å². The van der Waals surface area contributed by atoms with Gasteiger partial charge in [-0.3, -0.25) is 9.89 Å². The summed E-state index contributed by atoms with van der Waals surface area (Å²) in [5, 5.41) is 20.1. The van der Waals surface area contributed by atoms with Crippen molar-refractivity contribution >= 4 is 5.91 Å². The highest BCUT2D eigenvalue weighted by atomic mass is 16.3. The Kier molecular flexibility index (Phi) is 4.53. The zero-order chi connectivity index (χ0) is 17.9. The molecule has 1 amide bonds. The molecule has 0 bridgehead atoms. The van der Waals surface area contributed by atoms with Crippen LogP contribution in [0.15, 0.2) is 55.2 Å². The lowest BCUT2D eigenvalue weighted by Gasteiger charge is -2.16. The summed E-state index contributed by atoms with van der Waals surface area (Å²) in [4.78, 5) is 16.8. The third kappa shape index (κ3) is 3.39. The van der Waals surface area contributed by atoms with E-state index in [-0.39, 0.29) is 11.9 Å². The first-order chi connectivity index (χ1) is 12.7. The van der Waals surface area contributed by atoms with Crippen molar-refractivity contribution in [1.82, 2.24) is 25.1 Å². The fourth-order valence-corrected chi connectivity index (χ4v) is 3.65. The second kappa shape index (κ2) is 7.13. The van der Waals surface area contributed by atoms with Gasteiger partial charge >= 0.3 is 0 Å². The Balaban J connectivity index is 1.43. The third-order valence-corrected chi connectivity index (χ3v) is 4.92. The van der Waals surface area contributed by atoms with Gasteiger partial charge in [0.15, 0.2) is 0 Å². The maximum atomic E-state index is 12.7. The number of imidazole rings is 1. The predicted molar refractivity (Wildman–Crippen MR) is 96.2 cm³/mol. The normalized spacial score (nSPS) is 22.4. The van der Waals surface area contributed by atoms with Gasteiger partial charge in [0.2, 0.25) is 0 Å². The summed E-state index contributed by atoms with van der Waals surface area (Å²) < 4.78 is 2.00. The Bertz CT molecular complexity index is 859. The molecule has 1 aliphatic carbocycles. The number of nitrogens with one attached hydrogen (secondary N) is 2. The van der Waals surface area contributed by atoms with Crippen LogP contribution in [0, 0.1) is 5.92 Å². The van der Waals surface area contributed by atoms with Crippen molar-refractivity contribution in [2.45, 2.75) is 31.5 Å². The van der Waals surface area contributed by atoms with Crippen LogP contribution in [-0.2, 0) is 6.54 Å². The number of hydrogen-bond donors (Lipinski definition) is 3. The maximum absolute atomic E-state index is 12.7. The Labute approximate surface area is 151 Å². The van der Waals surface area contributed by atoms with E-state index in [9.17, 15) is 9.90 Å². The standard InChI is InChI=1S/C19H21N5O2/c25-17-9-13(11-24-7-6-20-12-24)8-16(17)22-19(26)18-15(10-21-23-18)14-4-2-1-3-5-14/h1-7,10,12-13,16-17,25H,8-9,11H2,(H,21,23)(H,22,26)/t13?,16-,17-/m1/s1. The maximum Gasteiger partial charge on any atom is 0.270 e. The molecule has 26 heavy (non-hydrogen) atoms.